The number of alkyl halides is 3. The van der Waals surface area contributed by atoms with Crippen LogP contribution in [0.5, 0.6) is 0 Å². The third-order valence-corrected chi connectivity index (χ3v) is 6.86. The Balaban J connectivity index is 1.75. The molecule has 1 aromatic heterocycles. The number of piperidine rings is 1. The molecule has 2 aromatic carbocycles. The van der Waals surface area contributed by atoms with Crippen LogP contribution in [0.1, 0.15) is 51.9 Å². The van der Waals surface area contributed by atoms with Gasteiger partial charge in [-0.2, -0.15) is 13.2 Å². The number of amides is 1. The van der Waals surface area contributed by atoms with E-state index in [4.69, 9.17) is 23.2 Å². The summed E-state index contributed by atoms with van der Waals surface area (Å²) < 4.78 is 41.7. The molecule has 2 heterocycles. The van der Waals surface area contributed by atoms with Gasteiger partial charge in [-0.25, -0.2) is 0 Å². The van der Waals surface area contributed by atoms with Crippen LogP contribution in [-0.4, -0.2) is 28.5 Å². The molecule has 0 bridgehead atoms. The molecule has 1 amide bonds. The maximum absolute atomic E-state index is 13.3. The van der Waals surface area contributed by atoms with Gasteiger partial charge in [-0.1, -0.05) is 23.2 Å². The first kappa shape index (κ1) is 23.0. The molecule has 0 N–H and O–H groups in total. The van der Waals surface area contributed by atoms with Crippen molar-refractivity contribution < 1.29 is 18.0 Å². The Labute approximate surface area is 194 Å². The van der Waals surface area contributed by atoms with Gasteiger partial charge in [-0.05, 0) is 68.5 Å². The molecule has 170 valence electrons. The lowest BCUT2D eigenvalue weighted by atomic mass is 10.0. The summed E-state index contributed by atoms with van der Waals surface area (Å²) in [7, 11) is 0. The number of carbonyl (C=O) groups excluding carboxylic acids is 1. The van der Waals surface area contributed by atoms with Crippen molar-refractivity contribution in [3.63, 3.8) is 0 Å². The first-order valence-corrected chi connectivity index (χ1v) is 11.3. The first-order chi connectivity index (χ1) is 15.1. The molecule has 4 rings (SSSR count). The highest BCUT2D eigenvalue weighted by atomic mass is 35.5. The molecule has 3 aromatic rings. The number of hydrogen-bond acceptors (Lipinski definition) is 1. The zero-order valence-corrected chi connectivity index (χ0v) is 19.3. The fraction of sp³-hybridized carbons (Fsp3) is 0.375. The van der Waals surface area contributed by atoms with E-state index in [1.165, 1.54) is 6.07 Å². The smallest absolute Gasteiger partial charge is 0.342 e. The molecule has 0 atom stereocenters. The third kappa shape index (κ3) is 4.23. The van der Waals surface area contributed by atoms with Crippen molar-refractivity contribution in [2.24, 2.45) is 0 Å². The van der Waals surface area contributed by atoms with E-state index < -0.39 is 11.7 Å². The summed E-state index contributed by atoms with van der Waals surface area (Å²) in [5, 5.41) is 1.23. The van der Waals surface area contributed by atoms with Gasteiger partial charge >= 0.3 is 6.18 Å². The number of nitrogens with zero attached hydrogens (tertiary/aromatic N) is 2. The monoisotopic (exact) mass is 482 g/mol. The topological polar surface area (TPSA) is 25.2 Å². The largest absolute Gasteiger partial charge is 0.416 e. The van der Waals surface area contributed by atoms with E-state index in [1.54, 1.807) is 37.1 Å². The number of hydrogen-bond donors (Lipinski definition) is 0. The van der Waals surface area contributed by atoms with Gasteiger partial charge in [0.05, 0.1) is 28.2 Å². The highest BCUT2D eigenvalue weighted by molar-refractivity contribution is 6.38. The number of benzene rings is 2. The van der Waals surface area contributed by atoms with Crippen molar-refractivity contribution in [2.75, 3.05) is 13.1 Å². The molecule has 32 heavy (non-hydrogen) atoms. The number of likely N-dealkylation sites (tertiary alicyclic amines) is 1. The Morgan fingerprint density at radius 1 is 1.03 bits per heavy atom. The van der Waals surface area contributed by atoms with Crippen molar-refractivity contribution in [3.05, 3.63) is 68.3 Å². The van der Waals surface area contributed by atoms with Crippen molar-refractivity contribution in [2.45, 2.75) is 45.8 Å². The Bertz CT molecular complexity index is 1190. The number of fused-ring (bicyclic) bond motifs is 1. The van der Waals surface area contributed by atoms with E-state index >= 15 is 0 Å². The number of halogens is 5. The van der Waals surface area contributed by atoms with Crippen LogP contribution in [0, 0.1) is 13.8 Å². The maximum Gasteiger partial charge on any atom is 0.416 e. The van der Waals surface area contributed by atoms with Crippen LogP contribution < -0.4 is 0 Å². The highest BCUT2D eigenvalue weighted by Crippen LogP contribution is 2.36. The van der Waals surface area contributed by atoms with Crippen molar-refractivity contribution in [1.29, 1.82) is 0 Å². The van der Waals surface area contributed by atoms with E-state index in [1.807, 2.05) is 4.57 Å². The van der Waals surface area contributed by atoms with Gasteiger partial charge in [-0.15, -0.1) is 0 Å². The predicted molar refractivity (Wildman–Crippen MR) is 122 cm³/mol. The summed E-state index contributed by atoms with van der Waals surface area (Å²) in [6.07, 6.45) is 0.432. The SMILES string of the molecule is Cc1cn(Cc2c(Cl)ccc(C(=O)N3CCCCC3)c2Cl)c2c(C)cc(C(F)(F)F)cc12. The molecule has 0 aliphatic carbocycles. The van der Waals surface area contributed by atoms with Gasteiger partial charge in [0.25, 0.3) is 5.91 Å². The quantitative estimate of drug-likeness (QED) is 0.385. The van der Waals surface area contributed by atoms with Crippen molar-refractivity contribution in [1.82, 2.24) is 9.47 Å². The van der Waals surface area contributed by atoms with Gasteiger partial charge in [-0.3, -0.25) is 4.79 Å². The van der Waals surface area contributed by atoms with E-state index in [9.17, 15) is 18.0 Å². The molecule has 0 radical (unpaired) electrons. The molecule has 1 saturated heterocycles. The summed E-state index contributed by atoms with van der Waals surface area (Å²) >= 11 is 13.1. The second-order valence-electron chi connectivity index (χ2n) is 8.37. The second-order valence-corrected chi connectivity index (χ2v) is 9.15. The molecule has 0 saturated carbocycles. The molecule has 3 nitrogen and oxygen atoms in total. The van der Waals surface area contributed by atoms with Crippen LogP contribution in [0.3, 0.4) is 0 Å². The standard InChI is InChI=1S/C24H23Cl2F3N2O/c1-14-10-16(24(27,28)29)11-18-15(2)12-31(22(14)18)13-19-20(25)7-6-17(21(19)26)23(32)30-8-4-3-5-9-30/h6-7,10-12H,3-5,8-9,13H2,1-2H3. The zero-order valence-electron chi connectivity index (χ0n) is 17.8. The van der Waals surface area contributed by atoms with Gasteiger partial charge in [0.15, 0.2) is 0 Å². The normalized spacial score (nSPS) is 14.9. The Morgan fingerprint density at radius 2 is 1.72 bits per heavy atom. The average Bonchev–Trinajstić information content (AvgIpc) is 3.06. The highest BCUT2D eigenvalue weighted by Gasteiger charge is 2.32. The minimum Gasteiger partial charge on any atom is -0.342 e. The van der Waals surface area contributed by atoms with Crippen LogP contribution in [0.4, 0.5) is 13.2 Å². The summed E-state index contributed by atoms with van der Waals surface area (Å²) in [6.45, 7) is 5.09. The van der Waals surface area contributed by atoms with Crippen molar-refractivity contribution >= 4 is 40.0 Å². The molecule has 0 spiro atoms. The molecular formula is C24H23Cl2F3N2O. The van der Waals surface area contributed by atoms with E-state index in [0.29, 0.717) is 45.7 Å². The number of aromatic nitrogens is 1. The first-order valence-electron chi connectivity index (χ1n) is 10.5. The van der Waals surface area contributed by atoms with E-state index in [0.717, 1.165) is 30.9 Å². The minimum absolute atomic E-state index is 0.118. The number of aryl methyl sites for hydroxylation is 2. The average molecular weight is 483 g/mol. The van der Waals surface area contributed by atoms with E-state index in [2.05, 4.69) is 0 Å². The van der Waals surface area contributed by atoms with Gasteiger partial charge in [0, 0.05) is 35.3 Å². The van der Waals surface area contributed by atoms with Crippen LogP contribution in [0.2, 0.25) is 10.0 Å². The fourth-order valence-electron chi connectivity index (χ4n) is 4.46. The molecule has 0 unspecified atom stereocenters. The van der Waals surface area contributed by atoms with Gasteiger partial charge < -0.3 is 9.47 Å². The van der Waals surface area contributed by atoms with Crippen molar-refractivity contribution in [3.8, 4) is 0 Å². The Kier molecular flexibility index (Phi) is 6.21. The van der Waals surface area contributed by atoms with Crippen LogP contribution in [0.25, 0.3) is 10.9 Å². The third-order valence-electron chi connectivity index (χ3n) is 6.08. The minimum atomic E-state index is -4.41. The molecular weight excluding hydrogens is 460 g/mol. The molecule has 8 heteroatoms. The molecule has 1 aliphatic rings. The zero-order chi connectivity index (χ0) is 23.2. The van der Waals surface area contributed by atoms with Crippen LogP contribution >= 0.6 is 23.2 Å². The lowest BCUT2D eigenvalue weighted by molar-refractivity contribution is -0.137. The second kappa shape index (κ2) is 8.64. The number of rotatable bonds is 3. The summed E-state index contributed by atoms with van der Waals surface area (Å²) in [5.41, 5.74) is 2.23. The number of carbonyl (C=O) groups is 1. The van der Waals surface area contributed by atoms with Gasteiger partial charge in [0.1, 0.15) is 0 Å². The Hall–Kier alpha value is -2.18. The van der Waals surface area contributed by atoms with Crippen LogP contribution in [0.15, 0.2) is 30.5 Å². The predicted octanol–water partition coefficient (Wildman–Crippen LogP) is 7.26. The maximum atomic E-state index is 13.3. The lowest BCUT2D eigenvalue weighted by Crippen LogP contribution is -2.35. The lowest BCUT2D eigenvalue weighted by Gasteiger charge is -2.27. The van der Waals surface area contributed by atoms with E-state index in [-0.39, 0.29) is 17.5 Å². The fourth-order valence-corrected chi connectivity index (χ4v) is 5.03. The summed E-state index contributed by atoms with van der Waals surface area (Å²) in [6, 6.07) is 5.63. The molecule has 1 fully saturated rings. The Morgan fingerprint density at radius 3 is 2.38 bits per heavy atom. The van der Waals surface area contributed by atoms with Crippen LogP contribution in [-0.2, 0) is 12.7 Å². The van der Waals surface area contributed by atoms with Gasteiger partial charge in [0.2, 0.25) is 0 Å². The molecule has 1 aliphatic heterocycles. The summed E-state index contributed by atoms with van der Waals surface area (Å²) in [4.78, 5) is 14.8. The summed E-state index contributed by atoms with van der Waals surface area (Å²) in [5.74, 6) is -0.118.